The van der Waals surface area contributed by atoms with Gasteiger partial charge in [0, 0.05) is 50.0 Å². The Morgan fingerprint density at radius 1 is 1.03 bits per heavy atom. The third-order valence-electron chi connectivity index (χ3n) is 4.52. The van der Waals surface area contributed by atoms with Crippen molar-refractivity contribution in [3.05, 3.63) is 48.5 Å². The first-order valence-electron chi connectivity index (χ1n) is 9.74. The monoisotopic (exact) mass is 459 g/mol. The summed E-state index contributed by atoms with van der Waals surface area (Å²) in [6.07, 6.45) is 0. The Labute approximate surface area is 186 Å². The summed E-state index contributed by atoms with van der Waals surface area (Å²) in [6.45, 7) is 5.68. The van der Waals surface area contributed by atoms with Gasteiger partial charge in [-0.15, -0.1) is 10.2 Å². The molecule has 0 unspecified atom stereocenters. The zero-order chi connectivity index (χ0) is 22.4. The molecule has 0 bridgehead atoms. The van der Waals surface area contributed by atoms with E-state index >= 15 is 0 Å². The Bertz CT molecular complexity index is 1140. The molecule has 1 aromatic heterocycles. The van der Waals surface area contributed by atoms with Crippen LogP contribution in [0.4, 0.5) is 22.2 Å². The largest absolute Gasteiger partial charge is 0.372 e. The van der Waals surface area contributed by atoms with Crippen molar-refractivity contribution in [1.29, 1.82) is 0 Å². The molecule has 0 saturated heterocycles. The first-order valence-corrected chi connectivity index (χ1v) is 12.0. The second kappa shape index (κ2) is 9.94. The third-order valence-corrected chi connectivity index (χ3v) is 6.56. The van der Waals surface area contributed by atoms with Crippen molar-refractivity contribution in [3.63, 3.8) is 0 Å². The lowest BCUT2D eigenvalue weighted by Gasteiger charge is -2.22. The summed E-state index contributed by atoms with van der Waals surface area (Å²) in [6, 6.07) is 15.0. The van der Waals surface area contributed by atoms with E-state index in [1.807, 2.05) is 50.2 Å². The minimum atomic E-state index is -3.71. The second-order valence-electron chi connectivity index (χ2n) is 6.73. The van der Waals surface area contributed by atoms with E-state index in [0.717, 1.165) is 40.2 Å². The summed E-state index contributed by atoms with van der Waals surface area (Å²) >= 11 is 1.13. The van der Waals surface area contributed by atoms with Crippen molar-refractivity contribution in [2.45, 2.75) is 13.8 Å². The normalized spacial score (nSPS) is 11.9. The molecule has 9 nitrogen and oxygen atoms in total. The molecule has 1 N–H and O–H groups in total. The zero-order valence-electron chi connectivity index (χ0n) is 17.8. The first-order chi connectivity index (χ1) is 14.8. The maximum absolute atomic E-state index is 12.4. The van der Waals surface area contributed by atoms with Gasteiger partial charge in [-0.1, -0.05) is 30.3 Å². The standard InChI is InChI=1S/C20H25N7O2S2/c1-5-27(6-2)16-12-13-17(18(14-16)25-31(28,29)26(3)4)22-23-20-21-19(24-30-20)15-10-8-7-9-11-15/h7-14,25H,5-6H2,1-4H3. The Morgan fingerprint density at radius 2 is 1.74 bits per heavy atom. The van der Waals surface area contributed by atoms with Gasteiger partial charge in [0.25, 0.3) is 0 Å². The second-order valence-corrected chi connectivity index (χ2v) is 9.34. The summed E-state index contributed by atoms with van der Waals surface area (Å²) in [5.41, 5.74) is 2.51. The maximum Gasteiger partial charge on any atom is 0.301 e. The van der Waals surface area contributed by atoms with Crippen LogP contribution in [0.5, 0.6) is 0 Å². The van der Waals surface area contributed by atoms with Crippen molar-refractivity contribution >= 4 is 43.9 Å². The Morgan fingerprint density at radius 3 is 2.39 bits per heavy atom. The number of hydrogen-bond acceptors (Lipinski definition) is 8. The van der Waals surface area contributed by atoms with Crippen molar-refractivity contribution in [2.75, 3.05) is 36.8 Å². The number of aromatic nitrogens is 2. The number of anilines is 2. The first kappa shape index (κ1) is 22.8. The predicted molar refractivity (Wildman–Crippen MR) is 126 cm³/mol. The number of azo groups is 1. The van der Waals surface area contributed by atoms with Gasteiger partial charge in [0.15, 0.2) is 5.82 Å². The van der Waals surface area contributed by atoms with Crippen LogP contribution in [0.2, 0.25) is 0 Å². The molecule has 0 aliphatic carbocycles. The van der Waals surface area contributed by atoms with Crippen molar-refractivity contribution in [3.8, 4) is 11.4 Å². The van der Waals surface area contributed by atoms with Crippen molar-refractivity contribution in [2.24, 2.45) is 10.2 Å². The van der Waals surface area contributed by atoms with Gasteiger partial charge in [0.1, 0.15) is 5.69 Å². The smallest absolute Gasteiger partial charge is 0.301 e. The van der Waals surface area contributed by atoms with Gasteiger partial charge >= 0.3 is 10.2 Å². The van der Waals surface area contributed by atoms with Crippen LogP contribution in [-0.4, -0.2) is 49.3 Å². The highest BCUT2D eigenvalue weighted by atomic mass is 32.2. The van der Waals surface area contributed by atoms with Gasteiger partial charge in [-0.05, 0) is 32.0 Å². The van der Waals surface area contributed by atoms with Crippen LogP contribution in [-0.2, 0) is 10.2 Å². The minimum Gasteiger partial charge on any atom is -0.372 e. The van der Waals surface area contributed by atoms with Crippen LogP contribution in [0.3, 0.4) is 0 Å². The highest BCUT2D eigenvalue weighted by Gasteiger charge is 2.17. The predicted octanol–water partition coefficient (Wildman–Crippen LogP) is 4.69. The SMILES string of the molecule is CCN(CC)c1ccc(N=Nc2nc(-c3ccccc3)ns2)c(NS(=O)(=O)N(C)C)c1. The molecule has 0 fully saturated rings. The van der Waals surface area contributed by atoms with Crippen LogP contribution >= 0.6 is 11.5 Å². The average molecular weight is 460 g/mol. The quantitative estimate of drug-likeness (QED) is 0.468. The van der Waals surface area contributed by atoms with Gasteiger partial charge in [0.2, 0.25) is 5.13 Å². The fraction of sp³-hybridized carbons (Fsp3) is 0.300. The highest BCUT2D eigenvalue weighted by molar-refractivity contribution is 7.90. The molecule has 0 amide bonds. The molecule has 0 aliphatic rings. The van der Waals surface area contributed by atoms with E-state index < -0.39 is 10.2 Å². The Hall–Kier alpha value is -2.89. The van der Waals surface area contributed by atoms with Crippen LogP contribution in [0, 0.1) is 0 Å². The maximum atomic E-state index is 12.4. The summed E-state index contributed by atoms with van der Waals surface area (Å²) in [5, 5.41) is 8.81. The summed E-state index contributed by atoms with van der Waals surface area (Å²) in [5.74, 6) is 0.574. The van der Waals surface area contributed by atoms with Crippen LogP contribution < -0.4 is 9.62 Å². The molecule has 31 heavy (non-hydrogen) atoms. The van der Waals surface area contributed by atoms with E-state index in [0.29, 0.717) is 22.3 Å². The van der Waals surface area contributed by atoms with Crippen molar-refractivity contribution in [1.82, 2.24) is 13.7 Å². The van der Waals surface area contributed by atoms with E-state index in [2.05, 4.69) is 29.2 Å². The van der Waals surface area contributed by atoms with Gasteiger partial charge in [-0.3, -0.25) is 4.72 Å². The zero-order valence-corrected chi connectivity index (χ0v) is 19.5. The molecule has 2 aromatic carbocycles. The van der Waals surface area contributed by atoms with Gasteiger partial charge in [-0.25, -0.2) is 0 Å². The average Bonchev–Trinajstić information content (AvgIpc) is 3.23. The fourth-order valence-corrected chi connectivity index (χ4v) is 3.91. The number of hydrogen-bond donors (Lipinski definition) is 1. The summed E-state index contributed by atoms with van der Waals surface area (Å²) in [4.78, 5) is 6.51. The van der Waals surface area contributed by atoms with Crippen LogP contribution in [0.15, 0.2) is 58.8 Å². The topological polar surface area (TPSA) is 103 Å². The van der Waals surface area contributed by atoms with Gasteiger partial charge in [-0.2, -0.15) is 22.1 Å². The van der Waals surface area contributed by atoms with Gasteiger partial charge < -0.3 is 4.90 Å². The molecule has 0 saturated carbocycles. The molecule has 3 rings (SSSR count). The minimum absolute atomic E-state index is 0.342. The molecule has 0 atom stereocenters. The van der Waals surface area contributed by atoms with E-state index in [-0.39, 0.29) is 0 Å². The molecule has 0 spiro atoms. The fourth-order valence-electron chi connectivity index (χ4n) is 2.77. The molecule has 11 heteroatoms. The van der Waals surface area contributed by atoms with E-state index in [1.165, 1.54) is 14.1 Å². The van der Waals surface area contributed by atoms with E-state index in [4.69, 9.17) is 0 Å². The molecule has 164 valence electrons. The third kappa shape index (κ3) is 5.63. The lowest BCUT2D eigenvalue weighted by Crippen LogP contribution is -2.29. The van der Waals surface area contributed by atoms with Crippen molar-refractivity contribution < 1.29 is 8.42 Å². The molecule has 1 heterocycles. The molecular formula is C20H25N7O2S2. The Kier molecular flexibility index (Phi) is 7.31. The van der Waals surface area contributed by atoms with Crippen LogP contribution in [0.25, 0.3) is 11.4 Å². The lowest BCUT2D eigenvalue weighted by molar-refractivity contribution is 0.527. The summed E-state index contributed by atoms with van der Waals surface area (Å²) in [7, 11) is -0.782. The number of rotatable bonds is 9. The molecular weight excluding hydrogens is 434 g/mol. The highest BCUT2D eigenvalue weighted by Crippen LogP contribution is 2.33. The number of nitrogens with zero attached hydrogens (tertiary/aromatic N) is 6. The van der Waals surface area contributed by atoms with Gasteiger partial charge in [0.05, 0.1) is 5.69 Å². The molecule has 0 radical (unpaired) electrons. The van der Waals surface area contributed by atoms with Crippen LogP contribution in [0.1, 0.15) is 13.8 Å². The van der Waals surface area contributed by atoms with E-state index in [9.17, 15) is 8.42 Å². The molecule has 3 aromatic rings. The number of benzene rings is 2. The summed E-state index contributed by atoms with van der Waals surface area (Å²) < 4.78 is 32.8. The molecule has 0 aliphatic heterocycles. The lowest BCUT2D eigenvalue weighted by atomic mass is 10.2. The Balaban J connectivity index is 1.93. The van der Waals surface area contributed by atoms with E-state index in [1.54, 1.807) is 12.1 Å². The number of nitrogens with one attached hydrogen (secondary N) is 1.